The highest BCUT2D eigenvalue weighted by Crippen LogP contribution is 2.21. The van der Waals surface area contributed by atoms with Crippen LogP contribution in [0.4, 0.5) is 5.13 Å². The minimum absolute atomic E-state index is 0.610. The Hall–Kier alpha value is -1.08. The fourth-order valence-electron chi connectivity index (χ4n) is 0.931. The first kappa shape index (κ1) is 9.47. The molecule has 0 fully saturated rings. The summed E-state index contributed by atoms with van der Waals surface area (Å²) in [5.74, 6) is 0.778. The topological polar surface area (TPSA) is 69.6 Å². The first-order valence-electron chi connectivity index (χ1n) is 3.92. The van der Waals surface area contributed by atoms with E-state index in [0.29, 0.717) is 5.13 Å². The number of nitrogen functional groups attached to an aromatic ring is 1. The van der Waals surface area contributed by atoms with Crippen LogP contribution >= 0.6 is 23.1 Å². The van der Waals surface area contributed by atoms with Crippen molar-refractivity contribution in [3.05, 3.63) is 17.4 Å². The highest BCUT2D eigenvalue weighted by atomic mass is 32.2. The normalized spacial score (nSPS) is 10.6. The number of hydrogen-bond acceptors (Lipinski definition) is 6. The number of rotatable bonds is 3. The van der Waals surface area contributed by atoms with Gasteiger partial charge >= 0.3 is 0 Å². The Morgan fingerprint density at radius 3 is 3.07 bits per heavy atom. The maximum absolute atomic E-state index is 5.52. The van der Waals surface area contributed by atoms with Crippen molar-refractivity contribution in [1.82, 2.24) is 19.7 Å². The number of anilines is 1. The highest BCUT2D eigenvalue weighted by molar-refractivity contribution is 7.98. The third-order valence-electron chi connectivity index (χ3n) is 1.59. The van der Waals surface area contributed by atoms with Crippen molar-refractivity contribution in [2.75, 3.05) is 5.73 Å². The quantitative estimate of drug-likeness (QED) is 0.796. The molecular weight excluding hydrogens is 218 g/mol. The van der Waals surface area contributed by atoms with Crippen molar-refractivity contribution < 1.29 is 0 Å². The molecule has 0 bridgehead atoms. The Kier molecular flexibility index (Phi) is 2.69. The Balaban J connectivity index is 1.98. The summed E-state index contributed by atoms with van der Waals surface area (Å²) in [4.78, 5) is 4.16. The van der Waals surface area contributed by atoms with Crippen LogP contribution in [0.2, 0.25) is 0 Å². The van der Waals surface area contributed by atoms with Crippen molar-refractivity contribution >= 4 is 28.2 Å². The predicted molar refractivity (Wildman–Crippen MR) is 57.1 cm³/mol. The second kappa shape index (κ2) is 3.97. The van der Waals surface area contributed by atoms with E-state index in [1.54, 1.807) is 18.1 Å². The minimum atomic E-state index is 0.610. The summed E-state index contributed by atoms with van der Waals surface area (Å²) in [5.41, 5.74) is 6.51. The Labute approximate surface area is 89.4 Å². The fourth-order valence-corrected chi connectivity index (χ4v) is 2.38. The summed E-state index contributed by atoms with van der Waals surface area (Å²) < 4.78 is 1.88. The average Bonchev–Trinajstić information content (AvgIpc) is 2.72. The summed E-state index contributed by atoms with van der Waals surface area (Å²) in [7, 11) is 1.91. The van der Waals surface area contributed by atoms with Crippen molar-refractivity contribution in [2.45, 2.75) is 10.9 Å². The Bertz CT molecular complexity index is 421. The summed E-state index contributed by atoms with van der Waals surface area (Å²) in [6.07, 6.45) is 1.68. The van der Waals surface area contributed by atoms with Crippen LogP contribution in [0.1, 0.15) is 5.69 Å². The second-order valence-corrected chi connectivity index (χ2v) is 4.52. The van der Waals surface area contributed by atoms with Crippen LogP contribution in [0.15, 0.2) is 16.9 Å². The molecule has 0 amide bonds. The van der Waals surface area contributed by atoms with E-state index in [0.717, 1.165) is 16.6 Å². The van der Waals surface area contributed by atoms with Crippen LogP contribution in [0.25, 0.3) is 0 Å². The van der Waals surface area contributed by atoms with Gasteiger partial charge in [0.1, 0.15) is 6.33 Å². The molecular formula is C7H9N5S2. The number of thioether (sulfide) groups is 1. The molecule has 0 radical (unpaired) electrons. The number of thiazole rings is 1. The molecule has 0 aliphatic rings. The molecule has 0 saturated heterocycles. The van der Waals surface area contributed by atoms with E-state index in [4.69, 9.17) is 5.73 Å². The van der Waals surface area contributed by atoms with E-state index >= 15 is 0 Å². The molecule has 2 aromatic rings. The van der Waals surface area contributed by atoms with Gasteiger partial charge in [0.15, 0.2) is 10.3 Å². The van der Waals surface area contributed by atoms with Gasteiger partial charge in [-0.25, -0.2) is 4.98 Å². The molecule has 0 atom stereocenters. The lowest BCUT2D eigenvalue weighted by molar-refractivity contribution is 0.788. The highest BCUT2D eigenvalue weighted by Gasteiger charge is 2.04. The largest absolute Gasteiger partial charge is 0.375 e. The summed E-state index contributed by atoms with van der Waals surface area (Å²) in [6.45, 7) is 0. The van der Waals surface area contributed by atoms with E-state index in [-0.39, 0.29) is 0 Å². The molecule has 0 unspecified atom stereocenters. The molecule has 0 spiro atoms. The van der Waals surface area contributed by atoms with E-state index in [1.807, 2.05) is 17.0 Å². The molecule has 0 aliphatic carbocycles. The monoisotopic (exact) mass is 227 g/mol. The van der Waals surface area contributed by atoms with Gasteiger partial charge in [-0.05, 0) is 0 Å². The second-order valence-electron chi connectivity index (χ2n) is 2.69. The van der Waals surface area contributed by atoms with Crippen LogP contribution in [0.3, 0.4) is 0 Å². The van der Waals surface area contributed by atoms with Crippen molar-refractivity contribution in [2.24, 2.45) is 7.05 Å². The number of aryl methyl sites for hydroxylation is 1. The third kappa shape index (κ3) is 2.05. The average molecular weight is 227 g/mol. The van der Waals surface area contributed by atoms with Crippen LogP contribution in [-0.4, -0.2) is 19.7 Å². The van der Waals surface area contributed by atoms with Crippen LogP contribution in [0, 0.1) is 0 Å². The zero-order chi connectivity index (χ0) is 9.97. The van der Waals surface area contributed by atoms with Gasteiger partial charge in [0.2, 0.25) is 0 Å². The van der Waals surface area contributed by atoms with Gasteiger partial charge in [-0.15, -0.1) is 21.5 Å². The number of aromatic nitrogens is 4. The SMILES string of the molecule is Cn1cnnc1SCc1csc(N)n1. The zero-order valence-electron chi connectivity index (χ0n) is 7.54. The minimum Gasteiger partial charge on any atom is -0.375 e. The smallest absolute Gasteiger partial charge is 0.191 e. The molecule has 74 valence electrons. The fraction of sp³-hybridized carbons (Fsp3) is 0.286. The lowest BCUT2D eigenvalue weighted by Crippen LogP contribution is -1.90. The van der Waals surface area contributed by atoms with Gasteiger partial charge in [0.05, 0.1) is 5.69 Å². The molecule has 0 aliphatic heterocycles. The standard InChI is InChI=1S/C7H9N5S2/c1-12-4-9-11-7(12)14-3-5-2-13-6(8)10-5/h2,4H,3H2,1H3,(H2,8,10). The lowest BCUT2D eigenvalue weighted by atomic mass is 10.6. The Morgan fingerprint density at radius 2 is 2.50 bits per heavy atom. The maximum Gasteiger partial charge on any atom is 0.191 e. The van der Waals surface area contributed by atoms with Crippen molar-refractivity contribution in [3.8, 4) is 0 Å². The van der Waals surface area contributed by atoms with Crippen LogP contribution < -0.4 is 5.73 Å². The molecule has 2 rings (SSSR count). The van der Waals surface area contributed by atoms with Gasteiger partial charge in [-0.1, -0.05) is 11.8 Å². The van der Waals surface area contributed by atoms with Crippen molar-refractivity contribution in [1.29, 1.82) is 0 Å². The van der Waals surface area contributed by atoms with E-state index < -0.39 is 0 Å². The molecule has 0 saturated carbocycles. The first-order valence-corrected chi connectivity index (χ1v) is 5.79. The molecule has 0 aromatic carbocycles. The number of hydrogen-bond donors (Lipinski definition) is 1. The summed E-state index contributed by atoms with van der Waals surface area (Å²) >= 11 is 3.05. The predicted octanol–water partition coefficient (Wildman–Crippen LogP) is 1.15. The number of nitrogens with zero attached hydrogens (tertiary/aromatic N) is 4. The Morgan fingerprint density at radius 1 is 1.64 bits per heavy atom. The molecule has 2 aromatic heterocycles. The summed E-state index contributed by atoms with van der Waals surface area (Å²) in [6, 6.07) is 0. The zero-order valence-corrected chi connectivity index (χ0v) is 9.18. The molecule has 5 nitrogen and oxygen atoms in total. The van der Waals surface area contributed by atoms with Gasteiger partial charge < -0.3 is 10.3 Å². The van der Waals surface area contributed by atoms with Gasteiger partial charge in [0, 0.05) is 18.2 Å². The number of nitrogens with two attached hydrogens (primary N) is 1. The van der Waals surface area contributed by atoms with Gasteiger partial charge in [-0.3, -0.25) is 0 Å². The first-order chi connectivity index (χ1) is 6.75. The van der Waals surface area contributed by atoms with E-state index in [2.05, 4.69) is 15.2 Å². The lowest BCUT2D eigenvalue weighted by Gasteiger charge is -1.96. The maximum atomic E-state index is 5.52. The van der Waals surface area contributed by atoms with Gasteiger partial charge in [-0.2, -0.15) is 0 Å². The van der Waals surface area contributed by atoms with E-state index in [1.165, 1.54) is 11.3 Å². The molecule has 2 heterocycles. The molecule has 7 heteroatoms. The van der Waals surface area contributed by atoms with Crippen molar-refractivity contribution in [3.63, 3.8) is 0 Å². The van der Waals surface area contributed by atoms with Crippen LogP contribution in [0.5, 0.6) is 0 Å². The molecule has 14 heavy (non-hydrogen) atoms. The van der Waals surface area contributed by atoms with Gasteiger partial charge in [0.25, 0.3) is 0 Å². The summed E-state index contributed by atoms with van der Waals surface area (Å²) in [5, 5.41) is 11.2. The van der Waals surface area contributed by atoms with Crippen LogP contribution in [-0.2, 0) is 12.8 Å². The van der Waals surface area contributed by atoms with E-state index in [9.17, 15) is 0 Å². The molecule has 2 N–H and O–H groups in total. The third-order valence-corrected chi connectivity index (χ3v) is 3.38.